The van der Waals surface area contributed by atoms with Crippen molar-refractivity contribution >= 4 is 39.1 Å². The number of nitrogens with one attached hydrogen (secondary N) is 1. The van der Waals surface area contributed by atoms with Gasteiger partial charge in [0.2, 0.25) is 11.8 Å². The van der Waals surface area contributed by atoms with Crippen molar-refractivity contribution in [1.82, 2.24) is 0 Å². The molecule has 0 aromatic heterocycles. The summed E-state index contributed by atoms with van der Waals surface area (Å²) in [6.45, 7) is 1.76. The minimum Gasteiger partial charge on any atom is -0.324 e. The highest BCUT2D eigenvalue weighted by Gasteiger charge is 2.31. The Balaban J connectivity index is 1.85. The van der Waals surface area contributed by atoms with Gasteiger partial charge in [0.1, 0.15) is 6.04 Å². The monoisotopic (exact) mass is 372 g/mol. The highest BCUT2D eigenvalue weighted by atomic mass is 79.9. The molecule has 1 aliphatic rings. The molecule has 0 saturated carbocycles. The van der Waals surface area contributed by atoms with Crippen molar-refractivity contribution in [2.75, 3.05) is 10.2 Å². The number of fused-ring (bicyclic) bond motifs is 1. The summed E-state index contributed by atoms with van der Waals surface area (Å²) in [7, 11) is 0. The fourth-order valence-electron chi connectivity index (χ4n) is 2.80. The summed E-state index contributed by atoms with van der Waals surface area (Å²) >= 11 is 3.45. The van der Waals surface area contributed by atoms with Gasteiger partial charge in [0.15, 0.2) is 0 Å². The van der Waals surface area contributed by atoms with Crippen LogP contribution in [0.2, 0.25) is 0 Å². The van der Waals surface area contributed by atoms with Gasteiger partial charge in [-0.3, -0.25) is 14.5 Å². The molecule has 0 radical (unpaired) electrons. The molecule has 3 rings (SSSR count). The van der Waals surface area contributed by atoms with Crippen LogP contribution in [0.15, 0.2) is 53.0 Å². The van der Waals surface area contributed by atoms with Crippen molar-refractivity contribution in [3.63, 3.8) is 0 Å². The van der Waals surface area contributed by atoms with Crippen molar-refractivity contribution in [2.24, 2.45) is 0 Å². The van der Waals surface area contributed by atoms with E-state index in [1.54, 1.807) is 11.8 Å². The summed E-state index contributed by atoms with van der Waals surface area (Å²) in [5, 5.41) is 2.86. The number of carbonyl (C=O) groups excluding carboxylic acids is 2. The maximum absolute atomic E-state index is 12.5. The zero-order valence-corrected chi connectivity index (χ0v) is 14.3. The number of para-hydroxylation sites is 1. The molecule has 1 atom stereocenters. The fraction of sp³-hybridized carbons (Fsp3) is 0.222. The van der Waals surface area contributed by atoms with Crippen molar-refractivity contribution in [1.29, 1.82) is 0 Å². The first-order chi connectivity index (χ1) is 11.1. The Labute approximate surface area is 143 Å². The smallest absolute Gasteiger partial charge is 0.247 e. The third-order valence-electron chi connectivity index (χ3n) is 3.99. The Morgan fingerprint density at radius 2 is 1.91 bits per heavy atom. The maximum Gasteiger partial charge on any atom is 0.247 e. The zero-order valence-electron chi connectivity index (χ0n) is 12.8. The summed E-state index contributed by atoms with van der Waals surface area (Å²) in [6, 6.07) is 14.5. The summed E-state index contributed by atoms with van der Waals surface area (Å²) in [6.07, 6.45) is 1.13. The Bertz CT molecular complexity index is 746. The lowest BCUT2D eigenvalue weighted by atomic mass is 9.99. The lowest BCUT2D eigenvalue weighted by molar-refractivity contribution is -0.123. The van der Waals surface area contributed by atoms with E-state index in [-0.39, 0.29) is 11.8 Å². The predicted octanol–water partition coefficient (Wildman–Crippen LogP) is 3.76. The molecule has 1 N–H and O–H groups in total. The molecule has 0 spiro atoms. The van der Waals surface area contributed by atoms with Crippen molar-refractivity contribution < 1.29 is 9.59 Å². The van der Waals surface area contributed by atoms with Crippen LogP contribution in [0.25, 0.3) is 0 Å². The predicted molar refractivity (Wildman–Crippen MR) is 94.5 cm³/mol. The van der Waals surface area contributed by atoms with Gasteiger partial charge in [-0.25, -0.2) is 0 Å². The minimum absolute atomic E-state index is 0.0180. The van der Waals surface area contributed by atoms with Gasteiger partial charge >= 0.3 is 0 Å². The van der Waals surface area contributed by atoms with Crippen molar-refractivity contribution in [3.05, 3.63) is 58.6 Å². The average Bonchev–Trinajstić information content (AvgIpc) is 2.55. The average molecular weight is 373 g/mol. The summed E-state index contributed by atoms with van der Waals surface area (Å²) < 4.78 is 0.979. The van der Waals surface area contributed by atoms with E-state index in [1.807, 2.05) is 48.5 Å². The highest BCUT2D eigenvalue weighted by Crippen LogP contribution is 2.32. The van der Waals surface area contributed by atoms with Crippen LogP contribution < -0.4 is 10.2 Å². The Morgan fingerprint density at radius 3 is 2.65 bits per heavy atom. The fourth-order valence-corrected chi connectivity index (χ4v) is 3.20. The van der Waals surface area contributed by atoms with Gasteiger partial charge in [0.05, 0.1) is 0 Å². The van der Waals surface area contributed by atoms with Crippen LogP contribution in [0.5, 0.6) is 0 Å². The number of amides is 2. The van der Waals surface area contributed by atoms with Gasteiger partial charge < -0.3 is 5.32 Å². The van der Waals surface area contributed by atoms with Gasteiger partial charge in [-0.2, -0.15) is 0 Å². The molecule has 2 aromatic rings. The Hall–Kier alpha value is -2.14. The number of hydrogen-bond acceptors (Lipinski definition) is 2. The van der Waals surface area contributed by atoms with Crippen LogP contribution in [-0.2, 0) is 16.0 Å². The Morgan fingerprint density at radius 1 is 1.17 bits per heavy atom. The van der Waals surface area contributed by atoms with Crippen molar-refractivity contribution in [2.45, 2.75) is 25.8 Å². The number of hydrogen-bond donors (Lipinski definition) is 1. The van der Waals surface area contributed by atoms with E-state index >= 15 is 0 Å². The number of rotatable bonds is 3. The van der Waals surface area contributed by atoms with Crippen LogP contribution in [0.4, 0.5) is 11.4 Å². The third kappa shape index (κ3) is 3.29. The lowest BCUT2D eigenvalue weighted by Gasteiger charge is -2.33. The van der Waals surface area contributed by atoms with E-state index in [9.17, 15) is 9.59 Å². The second-order valence-corrected chi connectivity index (χ2v) is 6.48. The largest absolute Gasteiger partial charge is 0.324 e. The quantitative estimate of drug-likeness (QED) is 0.891. The molecule has 4 nitrogen and oxygen atoms in total. The molecule has 5 heteroatoms. The summed E-state index contributed by atoms with van der Waals surface area (Å²) in [5.41, 5.74) is 2.63. The molecular formula is C18H17BrN2O2. The first-order valence-electron chi connectivity index (χ1n) is 7.52. The van der Waals surface area contributed by atoms with Crippen molar-refractivity contribution in [3.8, 4) is 0 Å². The van der Waals surface area contributed by atoms with Crippen LogP contribution in [-0.4, -0.2) is 17.9 Å². The van der Waals surface area contributed by atoms with Crippen LogP contribution >= 0.6 is 15.9 Å². The van der Waals surface area contributed by atoms with E-state index in [4.69, 9.17) is 0 Å². The van der Waals surface area contributed by atoms with Gasteiger partial charge in [0.25, 0.3) is 0 Å². The number of halogens is 1. The molecule has 2 aromatic carbocycles. The first-order valence-corrected chi connectivity index (χ1v) is 8.32. The molecule has 23 heavy (non-hydrogen) atoms. The molecule has 2 amide bonds. The topological polar surface area (TPSA) is 49.4 Å². The van der Waals surface area contributed by atoms with Gasteiger partial charge in [-0.1, -0.05) is 34.1 Å². The van der Waals surface area contributed by atoms with Crippen LogP contribution in [0.1, 0.15) is 18.9 Å². The highest BCUT2D eigenvalue weighted by molar-refractivity contribution is 9.10. The number of benzene rings is 2. The Kier molecular flexibility index (Phi) is 4.48. The molecular weight excluding hydrogens is 356 g/mol. The van der Waals surface area contributed by atoms with Gasteiger partial charge in [-0.05, 0) is 49.2 Å². The van der Waals surface area contributed by atoms with Crippen LogP contribution in [0, 0.1) is 0 Å². The standard InChI is InChI=1S/C18H17BrN2O2/c1-12(18(23)20-15-5-3-2-4-6-15)21-16-9-8-14(19)11-13(16)7-10-17(21)22/h2-6,8-9,11-12H,7,10H2,1H3,(H,20,23). The SMILES string of the molecule is CC(C(=O)Nc1ccccc1)N1C(=O)CCc2cc(Br)ccc21. The van der Waals surface area contributed by atoms with Crippen LogP contribution in [0.3, 0.4) is 0 Å². The first kappa shape index (κ1) is 15.7. The number of anilines is 2. The maximum atomic E-state index is 12.5. The summed E-state index contributed by atoms with van der Waals surface area (Å²) in [4.78, 5) is 26.5. The number of aryl methyl sites for hydroxylation is 1. The second kappa shape index (κ2) is 6.54. The normalized spacial score (nSPS) is 15.0. The number of carbonyl (C=O) groups is 2. The minimum atomic E-state index is -0.567. The van der Waals surface area contributed by atoms with E-state index in [1.165, 1.54) is 0 Å². The molecule has 1 aliphatic heterocycles. The molecule has 118 valence electrons. The zero-order chi connectivity index (χ0) is 16.4. The van der Waals surface area contributed by atoms with Gasteiger partial charge in [0, 0.05) is 22.3 Å². The molecule has 0 fully saturated rings. The van der Waals surface area contributed by atoms with E-state index in [0.717, 1.165) is 21.4 Å². The second-order valence-electron chi connectivity index (χ2n) is 5.57. The molecule has 1 heterocycles. The molecule has 0 aliphatic carbocycles. The lowest BCUT2D eigenvalue weighted by Crippen LogP contribution is -2.47. The summed E-state index contributed by atoms with van der Waals surface area (Å²) in [5.74, 6) is -0.212. The molecule has 1 unspecified atom stereocenters. The van der Waals surface area contributed by atoms with E-state index in [0.29, 0.717) is 12.8 Å². The van der Waals surface area contributed by atoms with E-state index in [2.05, 4.69) is 21.2 Å². The third-order valence-corrected chi connectivity index (χ3v) is 4.48. The van der Waals surface area contributed by atoms with E-state index < -0.39 is 6.04 Å². The van der Waals surface area contributed by atoms with Gasteiger partial charge in [-0.15, -0.1) is 0 Å². The molecule has 0 saturated heterocycles. The molecule has 0 bridgehead atoms. The number of nitrogens with zero attached hydrogens (tertiary/aromatic N) is 1.